The summed E-state index contributed by atoms with van der Waals surface area (Å²) in [6.45, 7) is 0.282. The molecule has 1 heterocycles. The minimum Gasteiger partial charge on any atom is -0.495 e. The molecule has 128 valence electrons. The summed E-state index contributed by atoms with van der Waals surface area (Å²) < 4.78 is 7.45. The summed E-state index contributed by atoms with van der Waals surface area (Å²) in [5.74, 6) is 0.436. The maximum Gasteiger partial charge on any atom is 0.293 e. The van der Waals surface area contributed by atoms with Crippen LogP contribution in [0.25, 0.3) is 6.08 Å². The number of imide groups is 1. The van der Waals surface area contributed by atoms with Gasteiger partial charge in [0.15, 0.2) is 0 Å². The molecule has 1 aliphatic rings. The van der Waals surface area contributed by atoms with Crippen molar-refractivity contribution in [2.24, 2.45) is 0 Å². The lowest BCUT2D eigenvalue weighted by Crippen LogP contribution is -2.27. The summed E-state index contributed by atoms with van der Waals surface area (Å²) in [6, 6.07) is 13.4. The highest BCUT2D eigenvalue weighted by molar-refractivity contribution is 14.1. The molecule has 0 N–H and O–H groups in total. The van der Waals surface area contributed by atoms with Crippen molar-refractivity contribution >= 4 is 74.2 Å². The third-order valence-electron chi connectivity index (χ3n) is 3.58. The van der Waals surface area contributed by atoms with Crippen molar-refractivity contribution in [2.45, 2.75) is 6.54 Å². The van der Waals surface area contributed by atoms with E-state index in [4.69, 9.17) is 4.74 Å². The number of halogens is 2. The van der Waals surface area contributed by atoms with E-state index in [2.05, 4.69) is 45.2 Å². The Balaban J connectivity index is 1.91. The molecule has 0 atom stereocenters. The van der Waals surface area contributed by atoms with Crippen LogP contribution < -0.4 is 4.74 Å². The lowest BCUT2D eigenvalue weighted by molar-refractivity contribution is -0.123. The summed E-state index contributed by atoms with van der Waals surface area (Å²) in [5.41, 5.74) is 1.72. The quantitative estimate of drug-likeness (QED) is 0.373. The van der Waals surface area contributed by atoms with Gasteiger partial charge in [0.2, 0.25) is 0 Å². The van der Waals surface area contributed by atoms with Gasteiger partial charge >= 0.3 is 0 Å². The fraction of sp³-hybridized carbons (Fsp3) is 0.111. The second kappa shape index (κ2) is 8.09. The van der Waals surface area contributed by atoms with Crippen LogP contribution in [-0.2, 0) is 11.3 Å². The average Bonchev–Trinajstić information content (AvgIpc) is 2.83. The monoisotopic (exact) mass is 577 g/mol. The van der Waals surface area contributed by atoms with Crippen LogP contribution in [-0.4, -0.2) is 23.2 Å². The number of ether oxygens (including phenoxy) is 1. The number of hydrogen-bond acceptors (Lipinski definition) is 4. The Labute approximate surface area is 177 Å². The standard InChI is InChI=1S/C18H13I2NO3S/c1-24-16-12(7-13(19)9-14(16)20)8-15-17(22)21(18(23)25-15)10-11-5-3-2-4-6-11/h2-9H,10H2,1H3/b15-8+. The first-order valence-corrected chi connectivity index (χ1v) is 10.3. The average molecular weight is 577 g/mol. The molecule has 25 heavy (non-hydrogen) atoms. The molecule has 1 fully saturated rings. The number of methoxy groups -OCH3 is 1. The van der Waals surface area contributed by atoms with Gasteiger partial charge in [-0.15, -0.1) is 0 Å². The van der Waals surface area contributed by atoms with E-state index in [1.165, 1.54) is 4.90 Å². The predicted molar refractivity (Wildman–Crippen MR) is 116 cm³/mol. The molecule has 0 saturated carbocycles. The fourth-order valence-electron chi connectivity index (χ4n) is 2.45. The van der Waals surface area contributed by atoms with Gasteiger partial charge in [-0.25, -0.2) is 0 Å². The Hall–Kier alpha value is -1.07. The topological polar surface area (TPSA) is 46.6 Å². The van der Waals surface area contributed by atoms with Gasteiger partial charge in [-0.3, -0.25) is 14.5 Å². The van der Waals surface area contributed by atoms with E-state index in [0.29, 0.717) is 10.7 Å². The molecule has 0 aliphatic carbocycles. The molecule has 4 nitrogen and oxygen atoms in total. The highest BCUT2D eigenvalue weighted by Gasteiger charge is 2.35. The first-order chi connectivity index (χ1) is 12.0. The summed E-state index contributed by atoms with van der Waals surface area (Å²) in [5, 5.41) is -0.251. The second-order valence-electron chi connectivity index (χ2n) is 5.26. The van der Waals surface area contributed by atoms with Gasteiger partial charge in [-0.2, -0.15) is 0 Å². The minimum absolute atomic E-state index is 0.251. The van der Waals surface area contributed by atoms with Crippen molar-refractivity contribution < 1.29 is 14.3 Å². The summed E-state index contributed by atoms with van der Waals surface area (Å²) in [4.78, 5) is 26.6. The van der Waals surface area contributed by atoms with Crippen molar-refractivity contribution in [3.63, 3.8) is 0 Å². The Morgan fingerprint density at radius 1 is 1.16 bits per heavy atom. The smallest absolute Gasteiger partial charge is 0.293 e. The number of carbonyl (C=O) groups is 2. The number of rotatable bonds is 4. The van der Waals surface area contributed by atoms with Crippen LogP contribution in [0.4, 0.5) is 4.79 Å². The van der Waals surface area contributed by atoms with Crippen molar-refractivity contribution in [2.75, 3.05) is 7.11 Å². The third-order valence-corrected chi connectivity index (χ3v) is 5.92. The normalized spacial score (nSPS) is 16.0. The number of hydrogen-bond donors (Lipinski definition) is 0. The zero-order valence-electron chi connectivity index (χ0n) is 13.2. The van der Waals surface area contributed by atoms with Crippen molar-refractivity contribution in [3.05, 3.63) is 65.6 Å². The number of amides is 2. The zero-order valence-corrected chi connectivity index (χ0v) is 18.3. The van der Waals surface area contributed by atoms with Crippen LogP contribution in [0.2, 0.25) is 0 Å². The molecule has 0 spiro atoms. The van der Waals surface area contributed by atoms with E-state index < -0.39 is 0 Å². The van der Waals surface area contributed by atoms with Gasteiger partial charge in [-0.05, 0) is 80.7 Å². The van der Waals surface area contributed by atoms with Crippen LogP contribution in [0.15, 0.2) is 47.4 Å². The van der Waals surface area contributed by atoms with E-state index >= 15 is 0 Å². The molecule has 2 aromatic rings. The maximum atomic E-state index is 12.7. The molecule has 0 aromatic heterocycles. The molecule has 0 bridgehead atoms. The Morgan fingerprint density at radius 2 is 1.88 bits per heavy atom. The lowest BCUT2D eigenvalue weighted by Gasteiger charge is -2.12. The van der Waals surface area contributed by atoms with Gasteiger partial charge in [0.1, 0.15) is 5.75 Å². The minimum atomic E-state index is -0.269. The Bertz CT molecular complexity index is 868. The Kier molecular flexibility index (Phi) is 6.05. The van der Waals surface area contributed by atoms with Gasteiger partial charge in [-0.1, -0.05) is 30.3 Å². The SMILES string of the molecule is COc1c(I)cc(I)cc1/C=C1/SC(=O)N(Cc2ccccc2)C1=O. The predicted octanol–water partition coefficient (Wildman–Crippen LogP) is 5.14. The molecule has 1 saturated heterocycles. The van der Waals surface area contributed by atoms with Crippen molar-refractivity contribution in [1.82, 2.24) is 4.90 Å². The second-order valence-corrected chi connectivity index (χ2v) is 8.66. The van der Waals surface area contributed by atoms with E-state index in [9.17, 15) is 9.59 Å². The number of carbonyl (C=O) groups excluding carboxylic acids is 2. The first kappa shape index (κ1) is 18.7. The summed E-state index contributed by atoms with van der Waals surface area (Å²) in [6.07, 6.45) is 1.74. The van der Waals surface area contributed by atoms with Crippen LogP contribution in [0.3, 0.4) is 0 Å². The van der Waals surface area contributed by atoms with Crippen LogP contribution >= 0.6 is 56.9 Å². The number of benzene rings is 2. The molecule has 1 aliphatic heterocycles. The molecule has 3 rings (SSSR count). The van der Waals surface area contributed by atoms with Crippen molar-refractivity contribution in [3.8, 4) is 5.75 Å². The maximum absolute atomic E-state index is 12.7. The molecule has 2 aromatic carbocycles. The molecule has 0 unspecified atom stereocenters. The van der Waals surface area contributed by atoms with Crippen molar-refractivity contribution in [1.29, 1.82) is 0 Å². The van der Waals surface area contributed by atoms with Gasteiger partial charge < -0.3 is 4.74 Å². The van der Waals surface area contributed by atoms with E-state index in [-0.39, 0.29) is 17.7 Å². The summed E-state index contributed by atoms with van der Waals surface area (Å²) >= 11 is 5.38. The molecular weight excluding hydrogens is 564 g/mol. The summed E-state index contributed by atoms with van der Waals surface area (Å²) in [7, 11) is 1.60. The van der Waals surface area contributed by atoms with E-state index in [1.54, 1.807) is 13.2 Å². The lowest BCUT2D eigenvalue weighted by atomic mass is 10.1. The molecule has 2 amide bonds. The number of nitrogens with zero attached hydrogens (tertiary/aromatic N) is 1. The van der Waals surface area contributed by atoms with Gasteiger partial charge in [0.25, 0.3) is 11.1 Å². The van der Waals surface area contributed by atoms with Crippen LogP contribution in [0.1, 0.15) is 11.1 Å². The van der Waals surface area contributed by atoms with E-state index in [1.807, 2.05) is 42.5 Å². The highest BCUT2D eigenvalue weighted by Crippen LogP contribution is 2.36. The third kappa shape index (κ3) is 4.20. The fourth-order valence-corrected chi connectivity index (χ4v) is 5.39. The van der Waals surface area contributed by atoms with Gasteiger partial charge in [0, 0.05) is 9.13 Å². The molecule has 0 radical (unpaired) electrons. The Morgan fingerprint density at radius 3 is 2.56 bits per heavy atom. The van der Waals surface area contributed by atoms with E-state index in [0.717, 1.165) is 30.0 Å². The highest BCUT2D eigenvalue weighted by atomic mass is 127. The molecule has 7 heteroatoms. The molecular formula is C18H13I2NO3S. The van der Waals surface area contributed by atoms with Crippen LogP contribution in [0, 0.1) is 7.14 Å². The van der Waals surface area contributed by atoms with Gasteiger partial charge in [0.05, 0.1) is 22.1 Å². The number of thioether (sulfide) groups is 1. The van der Waals surface area contributed by atoms with Crippen LogP contribution in [0.5, 0.6) is 5.75 Å². The first-order valence-electron chi connectivity index (χ1n) is 7.32. The largest absolute Gasteiger partial charge is 0.495 e. The zero-order chi connectivity index (χ0) is 18.0.